The molecule has 1 aliphatic rings. The SMILES string of the molecule is CC1CCCN(C(=O)c2csc(S(N)(=O)=O)c2)C1CCNC(=O)C(F)C(F)(F)F. The van der Waals surface area contributed by atoms with E-state index in [1.807, 2.05) is 12.2 Å². The van der Waals surface area contributed by atoms with Gasteiger partial charge in [-0.1, -0.05) is 6.92 Å². The van der Waals surface area contributed by atoms with Gasteiger partial charge in [0.2, 0.25) is 10.0 Å². The van der Waals surface area contributed by atoms with Gasteiger partial charge in [-0.15, -0.1) is 11.3 Å². The average Bonchev–Trinajstić information content (AvgIpc) is 3.11. The summed E-state index contributed by atoms with van der Waals surface area (Å²) in [5.41, 5.74) is 0.142. The van der Waals surface area contributed by atoms with Gasteiger partial charge >= 0.3 is 6.18 Å². The van der Waals surface area contributed by atoms with Crippen LogP contribution in [0.2, 0.25) is 0 Å². The van der Waals surface area contributed by atoms with Crippen molar-refractivity contribution >= 4 is 33.2 Å². The standard InChI is InChI=1S/C16H21F4N3O4S2/c1-9-3-2-6-23(15(25)10-7-12(28-8-10)29(21,26)27)11(9)4-5-22-14(24)13(17)16(18,19)20/h7-9,11,13H,2-6H2,1H3,(H,22,24)(H2,21,26,27). The number of hydrogen-bond acceptors (Lipinski definition) is 5. The number of thiophene rings is 1. The Balaban J connectivity index is 2.06. The Hall–Kier alpha value is -1.73. The molecule has 1 aromatic rings. The third-order valence-electron chi connectivity index (χ3n) is 4.74. The van der Waals surface area contributed by atoms with Gasteiger partial charge in [0.25, 0.3) is 18.0 Å². The van der Waals surface area contributed by atoms with E-state index in [4.69, 9.17) is 5.14 Å². The molecule has 2 rings (SSSR count). The summed E-state index contributed by atoms with van der Waals surface area (Å²) in [5, 5.41) is 8.34. The van der Waals surface area contributed by atoms with Crippen molar-refractivity contribution in [3.8, 4) is 0 Å². The predicted octanol–water partition coefficient (Wildman–Crippen LogP) is 2.04. The molecule has 1 aliphatic heterocycles. The number of carbonyl (C=O) groups is 2. The van der Waals surface area contributed by atoms with Crippen LogP contribution in [0.1, 0.15) is 36.5 Å². The van der Waals surface area contributed by atoms with Crippen LogP contribution in [0, 0.1) is 5.92 Å². The molecule has 1 fully saturated rings. The molecular formula is C16H21F4N3O4S2. The van der Waals surface area contributed by atoms with Crippen molar-refractivity contribution in [3.05, 3.63) is 17.0 Å². The Bertz CT molecular complexity index is 857. The first-order valence-corrected chi connectivity index (χ1v) is 11.2. The maximum absolute atomic E-state index is 13.0. The van der Waals surface area contributed by atoms with Crippen LogP contribution in [0.25, 0.3) is 0 Å². The quantitative estimate of drug-likeness (QED) is 0.635. The number of likely N-dealkylation sites (tertiary alicyclic amines) is 1. The van der Waals surface area contributed by atoms with E-state index in [1.54, 1.807) is 0 Å². The number of nitrogens with one attached hydrogen (secondary N) is 1. The fourth-order valence-corrected chi connectivity index (χ4v) is 4.85. The Morgan fingerprint density at radius 3 is 2.62 bits per heavy atom. The molecule has 1 aromatic heterocycles. The Morgan fingerprint density at radius 2 is 2.07 bits per heavy atom. The number of nitrogens with zero attached hydrogens (tertiary/aromatic N) is 1. The summed E-state index contributed by atoms with van der Waals surface area (Å²) in [7, 11) is -3.94. The average molecular weight is 459 g/mol. The minimum atomic E-state index is -5.27. The number of primary sulfonamides is 1. The van der Waals surface area contributed by atoms with Crippen molar-refractivity contribution < 1.29 is 35.6 Å². The molecule has 0 saturated carbocycles. The number of nitrogens with two attached hydrogens (primary N) is 1. The van der Waals surface area contributed by atoms with E-state index in [-0.39, 0.29) is 28.7 Å². The summed E-state index contributed by atoms with van der Waals surface area (Å²) in [6.45, 7) is 2.00. The molecule has 0 aliphatic carbocycles. The molecule has 0 bridgehead atoms. The second-order valence-electron chi connectivity index (χ2n) is 6.87. The number of carbonyl (C=O) groups excluding carboxylic acids is 2. The molecule has 7 nitrogen and oxygen atoms in total. The molecule has 2 heterocycles. The van der Waals surface area contributed by atoms with Crippen molar-refractivity contribution in [1.82, 2.24) is 10.2 Å². The normalized spacial score (nSPS) is 21.7. The molecule has 0 aromatic carbocycles. The largest absolute Gasteiger partial charge is 0.428 e. The van der Waals surface area contributed by atoms with Crippen LogP contribution in [-0.2, 0) is 14.8 Å². The van der Waals surface area contributed by atoms with Crippen LogP contribution < -0.4 is 10.5 Å². The van der Waals surface area contributed by atoms with Gasteiger partial charge in [0.15, 0.2) is 0 Å². The molecule has 1 saturated heterocycles. The Morgan fingerprint density at radius 1 is 1.41 bits per heavy atom. The van der Waals surface area contributed by atoms with E-state index < -0.39 is 40.2 Å². The van der Waals surface area contributed by atoms with Gasteiger partial charge in [-0.05, 0) is 31.2 Å². The third-order valence-corrected chi connectivity index (χ3v) is 7.12. The zero-order valence-corrected chi connectivity index (χ0v) is 17.0. The number of alkyl halides is 4. The summed E-state index contributed by atoms with van der Waals surface area (Å²) in [6.07, 6.45) is -7.28. The van der Waals surface area contributed by atoms with Crippen molar-refractivity contribution in [2.24, 2.45) is 11.1 Å². The molecule has 0 radical (unpaired) electrons. The van der Waals surface area contributed by atoms with Gasteiger partial charge in [-0.3, -0.25) is 9.59 Å². The first kappa shape index (κ1) is 23.5. The fourth-order valence-electron chi connectivity index (χ4n) is 3.27. The second-order valence-corrected chi connectivity index (χ2v) is 9.57. The van der Waals surface area contributed by atoms with Crippen LogP contribution >= 0.6 is 11.3 Å². The lowest BCUT2D eigenvalue weighted by molar-refractivity contribution is -0.186. The van der Waals surface area contributed by atoms with E-state index in [1.165, 1.54) is 16.3 Å². The highest BCUT2D eigenvalue weighted by Gasteiger charge is 2.45. The molecular weight excluding hydrogens is 438 g/mol. The molecule has 3 N–H and O–H groups in total. The first-order chi connectivity index (χ1) is 13.3. The summed E-state index contributed by atoms with van der Waals surface area (Å²) in [5.74, 6) is -2.21. The molecule has 0 spiro atoms. The molecule has 13 heteroatoms. The first-order valence-electron chi connectivity index (χ1n) is 8.73. The van der Waals surface area contributed by atoms with E-state index in [0.717, 1.165) is 17.8 Å². The Labute approximate surface area is 169 Å². The second kappa shape index (κ2) is 8.96. The molecule has 2 amide bonds. The van der Waals surface area contributed by atoms with E-state index in [0.29, 0.717) is 13.0 Å². The number of rotatable bonds is 6. The van der Waals surface area contributed by atoms with Gasteiger partial charge in [0.05, 0.1) is 5.56 Å². The highest BCUT2D eigenvalue weighted by atomic mass is 32.2. The fraction of sp³-hybridized carbons (Fsp3) is 0.625. The minimum absolute atomic E-state index is 0.00950. The van der Waals surface area contributed by atoms with Gasteiger partial charge in [0, 0.05) is 24.5 Å². The maximum atomic E-state index is 13.0. The topological polar surface area (TPSA) is 110 Å². The lowest BCUT2D eigenvalue weighted by Gasteiger charge is -2.40. The van der Waals surface area contributed by atoms with Crippen LogP contribution in [0.5, 0.6) is 0 Å². The molecule has 29 heavy (non-hydrogen) atoms. The van der Waals surface area contributed by atoms with Crippen molar-refractivity contribution in [2.45, 2.75) is 48.8 Å². The predicted molar refractivity (Wildman–Crippen MR) is 97.5 cm³/mol. The zero-order valence-electron chi connectivity index (χ0n) is 15.4. The summed E-state index contributed by atoms with van der Waals surface area (Å²) in [6, 6.07) is 0.774. The summed E-state index contributed by atoms with van der Waals surface area (Å²) >= 11 is 0.812. The van der Waals surface area contributed by atoms with E-state index in [9.17, 15) is 35.6 Å². The van der Waals surface area contributed by atoms with Crippen molar-refractivity contribution in [1.29, 1.82) is 0 Å². The monoisotopic (exact) mass is 459 g/mol. The third kappa shape index (κ3) is 5.89. The van der Waals surface area contributed by atoms with Gasteiger partial charge in [0.1, 0.15) is 4.21 Å². The van der Waals surface area contributed by atoms with Crippen LogP contribution in [0.15, 0.2) is 15.7 Å². The highest BCUT2D eigenvalue weighted by molar-refractivity contribution is 7.91. The number of halogens is 4. The van der Waals surface area contributed by atoms with Crippen LogP contribution in [0.4, 0.5) is 17.6 Å². The highest BCUT2D eigenvalue weighted by Crippen LogP contribution is 2.29. The number of hydrogen-bond donors (Lipinski definition) is 2. The number of sulfonamides is 1. The van der Waals surface area contributed by atoms with Crippen LogP contribution in [0.3, 0.4) is 0 Å². The minimum Gasteiger partial charge on any atom is -0.353 e. The molecule has 164 valence electrons. The maximum Gasteiger partial charge on any atom is 0.428 e. The van der Waals surface area contributed by atoms with Crippen LogP contribution in [-0.4, -0.2) is 56.6 Å². The van der Waals surface area contributed by atoms with Crippen molar-refractivity contribution in [3.63, 3.8) is 0 Å². The van der Waals surface area contributed by atoms with E-state index >= 15 is 0 Å². The molecule has 3 unspecified atom stereocenters. The smallest absolute Gasteiger partial charge is 0.353 e. The van der Waals surface area contributed by atoms with E-state index in [2.05, 4.69) is 0 Å². The lowest BCUT2D eigenvalue weighted by Crippen LogP contribution is -2.49. The Kier molecular flexibility index (Phi) is 7.28. The van der Waals surface area contributed by atoms with Gasteiger partial charge in [-0.2, -0.15) is 13.2 Å². The van der Waals surface area contributed by atoms with Crippen molar-refractivity contribution in [2.75, 3.05) is 13.1 Å². The lowest BCUT2D eigenvalue weighted by atomic mass is 9.88. The number of piperidine rings is 1. The molecule has 3 atom stereocenters. The zero-order chi connectivity index (χ0) is 22.0. The summed E-state index contributed by atoms with van der Waals surface area (Å²) in [4.78, 5) is 25.6. The van der Waals surface area contributed by atoms with Gasteiger partial charge < -0.3 is 10.2 Å². The summed E-state index contributed by atoms with van der Waals surface area (Å²) < 4.78 is 72.4. The number of amides is 2. The van der Waals surface area contributed by atoms with Gasteiger partial charge in [-0.25, -0.2) is 17.9 Å².